The number of carbonyl (C=O) groups is 2. The van der Waals surface area contributed by atoms with Crippen LogP contribution in [0.2, 0.25) is 15.1 Å². The lowest BCUT2D eigenvalue weighted by molar-refractivity contribution is -0.0232. The molecule has 3 fully saturated rings. The molecule has 1 unspecified atom stereocenters. The molecule has 3 heterocycles. The molecule has 3 aliphatic rings. The van der Waals surface area contributed by atoms with Crippen LogP contribution in [0, 0.1) is 6.92 Å². The number of ether oxygens (including phenoxy) is 2. The normalized spacial score (nSPS) is 23.4. The Morgan fingerprint density at radius 2 is 1.75 bits per heavy atom. The van der Waals surface area contributed by atoms with Crippen molar-refractivity contribution < 1.29 is 19.1 Å². The summed E-state index contributed by atoms with van der Waals surface area (Å²) in [7, 11) is 0. The second-order valence-corrected chi connectivity index (χ2v) is 12.9. The Bertz CT molecular complexity index is 1470. The fraction of sp³-hybridized carbons (Fsp3) is 0.414. The van der Waals surface area contributed by atoms with Gasteiger partial charge in [0.2, 0.25) is 0 Å². The first-order valence-corrected chi connectivity index (χ1v) is 14.1. The van der Waals surface area contributed by atoms with E-state index in [9.17, 15) is 9.59 Å². The Kier molecular flexibility index (Phi) is 7.36. The summed E-state index contributed by atoms with van der Waals surface area (Å²) in [6, 6.07) is 12.4. The molecule has 2 N–H and O–H groups in total. The highest BCUT2D eigenvalue weighted by molar-refractivity contribution is 6.35. The van der Waals surface area contributed by atoms with E-state index >= 15 is 0 Å². The van der Waals surface area contributed by atoms with Gasteiger partial charge in [0.05, 0.1) is 40.2 Å². The molecule has 2 aromatic carbocycles. The lowest BCUT2D eigenvalue weighted by Gasteiger charge is -2.45. The second-order valence-electron chi connectivity index (χ2n) is 11.6. The van der Waals surface area contributed by atoms with Crippen LogP contribution in [-0.2, 0) is 9.47 Å². The van der Waals surface area contributed by atoms with Crippen molar-refractivity contribution in [1.29, 1.82) is 0 Å². The third-order valence-electron chi connectivity index (χ3n) is 7.39. The monoisotopic (exact) mass is 604 g/mol. The molecule has 6 rings (SSSR count). The predicted molar refractivity (Wildman–Crippen MR) is 156 cm³/mol. The van der Waals surface area contributed by atoms with Gasteiger partial charge >= 0.3 is 6.09 Å². The molecular formula is C29H31Cl3N4O4. The first-order chi connectivity index (χ1) is 18.7. The maximum atomic E-state index is 13.7. The topological polar surface area (TPSA) is 94.5 Å². The molecule has 2 saturated heterocycles. The maximum absolute atomic E-state index is 13.7. The van der Waals surface area contributed by atoms with Crippen molar-refractivity contribution in [3.8, 4) is 16.9 Å². The van der Waals surface area contributed by atoms with Gasteiger partial charge in [-0.05, 0) is 65.0 Å². The summed E-state index contributed by atoms with van der Waals surface area (Å²) in [6.45, 7) is 9.52. The number of rotatable bonds is 6. The van der Waals surface area contributed by atoms with Crippen LogP contribution in [0.25, 0.3) is 16.9 Å². The first-order valence-electron chi connectivity index (χ1n) is 13.0. The van der Waals surface area contributed by atoms with Gasteiger partial charge in [-0.1, -0.05) is 46.9 Å². The molecule has 11 heteroatoms. The molecule has 0 radical (unpaired) electrons. The van der Waals surface area contributed by atoms with Crippen molar-refractivity contribution in [2.24, 2.45) is 0 Å². The van der Waals surface area contributed by atoms with Crippen LogP contribution < -0.4 is 10.6 Å². The number of hydrogen-bond donors (Lipinski definition) is 2. The van der Waals surface area contributed by atoms with Crippen molar-refractivity contribution in [3.63, 3.8) is 0 Å². The maximum Gasteiger partial charge on any atom is 0.407 e. The van der Waals surface area contributed by atoms with E-state index in [4.69, 9.17) is 49.4 Å². The Morgan fingerprint density at radius 3 is 2.38 bits per heavy atom. The third-order valence-corrected chi connectivity index (χ3v) is 8.18. The minimum Gasteiger partial charge on any atom is -0.444 e. The largest absolute Gasteiger partial charge is 0.444 e. The van der Waals surface area contributed by atoms with Gasteiger partial charge in [-0.2, -0.15) is 5.10 Å². The summed E-state index contributed by atoms with van der Waals surface area (Å²) < 4.78 is 13.2. The van der Waals surface area contributed by atoms with E-state index in [2.05, 4.69) is 10.6 Å². The molecule has 40 heavy (non-hydrogen) atoms. The van der Waals surface area contributed by atoms with E-state index < -0.39 is 22.8 Å². The summed E-state index contributed by atoms with van der Waals surface area (Å²) in [6.07, 6.45) is 0.384. The molecule has 1 aliphatic carbocycles. The van der Waals surface area contributed by atoms with Crippen LogP contribution in [-0.4, -0.2) is 51.2 Å². The number of alkyl carbamates (subject to hydrolysis) is 1. The molecular weight excluding hydrogens is 575 g/mol. The number of benzene rings is 2. The standard InChI is InChI=1S/C29H31Cl3N4O4/c1-16-23(25(37)34-29-13-28(14-29,39-17(29)2)15-33-26(38)40-27(3,4)5)35-36(22-11-10-20(31)12-21(22)32)24(16)18-6-8-19(30)9-7-18/h6-12,17H,13-15H2,1-5H3,(H,33,38)(H,34,37). The zero-order chi connectivity index (χ0) is 29.0. The molecule has 1 saturated carbocycles. The summed E-state index contributed by atoms with van der Waals surface area (Å²) in [5.41, 5.74) is 1.37. The number of carbonyl (C=O) groups excluding carboxylic acids is 2. The Hall–Kier alpha value is -2.78. The van der Waals surface area contributed by atoms with Gasteiger partial charge in [0, 0.05) is 34.0 Å². The number of halogens is 3. The molecule has 212 valence electrons. The predicted octanol–water partition coefficient (Wildman–Crippen LogP) is 6.75. The van der Waals surface area contributed by atoms with E-state index in [1.54, 1.807) is 35.0 Å². The SMILES string of the molecule is Cc1c(C(=O)NC23CC(CNC(=O)OC(C)(C)C)(C2)OC3C)nn(-c2ccc(Cl)cc2Cl)c1-c1ccc(Cl)cc1. The van der Waals surface area contributed by atoms with Gasteiger partial charge in [-0.25, -0.2) is 9.48 Å². The fourth-order valence-corrected chi connectivity index (χ4v) is 6.25. The summed E-state index contributed by atoms with van der Waals surface area (Å²) >= 11 is 18.8. The molecule has 2 amide bonds. The number of aromatic nitrogens is 2. The lowest BCUT2D eigenvalue weighted by atomic mass is 9.66. The Balaban J connectivity index is 1.40. The number of nitrogens with one attached hydrogen (secondary N) is 2. The highest BCUT2D eigenvalue weighted by atomic mass is 35.5. The fourth-order valence-electron chi connectivity index (χ4n) is 5.63. The Morgan fingerprint density at radius 1 is 1.10 bits per heavy atom. The minimum absolute atomic E-state index is 0.249. The number of nitrogens with zero attached hydrogens (tertiary/aromatic N) is 2. The molecule has 2 bridgehead atoms. The minimum atomic E-state index is -0.592. The zero-order valence-electron chi connectivity index (χ0n) is 22.9. The molecule has 1 atom stereocenters. The summed E-state index contributed by atoms with van der Waals surface area (Å²) in [4.78, 5) is 25.9. The highest BCUT2D eigenvalue weighted by Gasteiger charge is 2.67. The Labute approximate surface area is 248 Å². The van der Waals surface area contributed by atoms with Crippen molar-refractivity contribution in [2.45, 2.75) is 70.3 Å². The van der Waals surface area contributed by atoms with Crippen LogP contribution in [0.4, 0.5) is 4.79 Å². The number of amides is 2. The van der Waals surface area contributed by atoms with Crippen LogP contribution in [0.1, 0.15) is 56.6 Å². The van der Waals surface area contributed by atoms with Crippen LogP contribution in [0.5, 0.6) is 0 Å². The average Bonchev–Trinajstić information content (AvgIpc) is 3.41. The molecule has 2 aliphatic heterocycles. The van der Waals surface area contributed by atoms with E-state index in [0.29, 0.717) is 51.4 Å². The van der Waals surface area contributed by atoms with E-state index in [0.717, 1.165) is 5.56 Å². The van der Waals surface area contributed by atoms with Crippen LogP contribution in [0.3, 0.4) is 0 Å². The van der Waals surface area contributed by atoms with E-state index in [1.165, 1.54) is 0 Å². The highest BCUT2D eigenvalue weighted by Crippen LogP contribution is 2.55. The summed E-state index contributed by atoms with van der Waals surface area (Å²) in [5, 5.41) is 12.2. The van der Waals surface area contributed by atoms with E-state index in [1.807, 2.05) is 46.8 Å². The first kappa shape index (κ1) is 28.7. The zero-order valence-corrected chi connectivity index (χ0v) is 25.2. The van der Waals surface area contributed by atoms with Gasteiger partial charge < -0.3 is 20.1 Å². The lowest BCUT2D eigenvalue weighted by Crippen LogP contribution is -2.64. The molecule has 1 aromatic heterocycles. The van der Waals surface area contributed by atoms with Crippen LogP contribution in [0.15, 0.2) is 42.5 Å². The summed E-state index contributed by atoms with van der Waals surface area (Å²) in [5.74, 6) is -0.317. The van der Waals surface area contributed by atoms with E-state index in [-0.39, 0.29) is 17.7 Å². The van der Waals surface area contributed by atoms with Crippen molar-refractivity contribution in [2.75, 3.05) is 6.54 Å². The van der Waals surface area contributed by atoms with Crippen molar-refractivity contribution >= 4 is 46.8 Å². The number of fused-ring (bicyclic) bond motifs is 1. The van der Waals surface area contributed by atoms with Gasteiger partial charge in [0.15, 0.2) is 5.69 Å². The quantitative estimate of drug-likeness (QED) is 0.324. The average molecular weight is 606 g/mol. The molecule has 0 spiro atoms. The van der Waals surface area contributed by atoms with Crippen LogP contribution >= 0.6 is 34.8 Å². The van der Waals surface area contributed by atoms with Gasteiger partial charge in [-0.3, -0.25) is 4.79 Å². The van der Waals surface area contributed by atoms with Crippen molar-refractivity contribution in [3.05, 3.63) is 68.8 Å². The molecule has 8 nitrogen and oxygen atoms in total. The van der Waals surface area contributed by atoms with Gasteiger partial charge in [-0.15, -0.1) is 0 Å². The van der Waals surface area contributed by atoms with Gasteiger partial charge in [0.25, 0.3) is 5.91 Å². The number of hydrogen-bond acceptors (Lipinski definition) is 5. The molecule has 3 aromatic rings. The van der Waals surface area contributed by atoms with Gasteiger partial charge in [0.1, 0.15) is 5.60 Å². The van der Waals surface area contributed by atoms with Crippen molar-refractivity contribution in [1.82, 2.24) is 20.4 Å². The third kappa shape index (κ3) is 5.42. The second kappa shape index (κ2) is 10.2. The smallest absolute Gasteiger partial charge is 0.407 e.